The number of halogens is 6. The first-order valence-electron chi connectivity index (χ1n) is 9.98. The van der Waals surface area contributed by atoms with Gasteiger partial charge in [0.05, 0.1) is 7.92 Å². The van der Waals surface area contributed by atoms with Gasteiger partial charge >= 0.3 is 185 Å². The molecule has 0 fully saturated rings. The zero-order chi connectivity index (χ0) is 34.4. The van der Waals surface area contributed by atoms with E-state index in [1.165, 1.54) is 15.9 Å². The maximum atomic E-state index is 8.82. The van der Waals surface area contributed by atoms with E-state index in [1.54, 1.807) is 0 Å². The van der Waals surface area contributed by atoms with Crippen molar-refractivity contribution in [3.05, 3.63) is 91.0 Å². The molecule has 0 aliphatic rings. The second-order valence-corrected chi connectivity index (χ2v) is 17.1. The van der Waals surface area contributed by atoms with Gasteiger partial charge in [0.1, 0.15) is 15.9 Å². The van der Waals surface area contributed by atoms with Crippen LogP contribution in [-0.4, -0.2) is 167 Å². The predicted molar refractivity (Wildman–Crippen MR) is 167 cm³/mol. The molecule has 0 bridgehead atoms. The Kier molecular flexibility index (Phi) is 81.5. The summed E-state index contributed by atoms with van der Waals surface area (Å²) >= 11 is -22.2. The quantitative estimate of drug-likeness (QED) is 0.0661. The molecule has 3 aromatic rings. The van der Waals surface area contributed by atoms with E-state index in [9.17, 15) is 0 Å². The average molecular weight is 1410 g/mol. The molecule has 31 heteroatoms. The van der Waals surface area contributed by atoms with Crippen LogP contribution in [0.25, 0.3) is 0 Å². The van der Waals surface area contributed by atoms with Gasteiger partial charge < -0.3 is 0 Å². The topological polar surface area (TPSA) is 345 Å². The first-order chi connectivity index (χ1) is 19.8. The van der Waals surface area contributed by atoms with Crippen LogP contribution in [-0.2, 0) is 18.1 Å². The normalized spacial score (nSPS) is 7.29. The molecule has 0 saturated heterocycles. The molecule has 6 radical (unpaired) electrons. The summed E-state index contributed by atoms with van der Waals surface area (Å²) in [4.78, 5) is 0. The summed E-state index contributed by atoms with van der Waals surface area (Å²) in [6.45, 7) is 0. The molecule has 0 aromatic heterocycles. The molecule has 0 aliphatic carbocycles. The van der Waals surface area contributed by atoms with Crippen molar-refractivity contribution in [3.63, 3.8) is 0 Å². The van der Waals surface area contributed by atoms with Crippen LogP contribution < -0.4 is 15.9 Å². The Bertz CT molecular complexity index is 1030. The van der Waals surface area contributed by atoms with Gasteiger partial charge in [0.15, 0.2) is 0 Å². The molecule has 290 valence electrons. The van der Waals surface area contributed by atoms with Gasteiger partial charge in [0.25, 0.3) is 0 Å². The van der Waals surface area contributed by atoms with E-state index in [0.717, 1.165) is 0 Å². The minimum Gasteiger partial charge on any atom is -0.0620 e. The van der Waals surface area contributed by atoms with Gasteiger partial charge in [-0.2, -0.15) is 0 Å². The van der Waals surface area contributed by atoms with Crippen LogP contribution in [0.5, 0.6) is 0 Å². The van der Waals surface area contributed by atoms with Crippen molar-refractivity contribution in [1.29, 1.82) is 0 Å². The first kappa shape index (κ1) is 74.9. The summed E-state index contributed by atoms with van der Waals surface area (Å²) in [5, 5.41) is 4.31. The second-order valence-electron chi connectivity index (χ2n) is 5.99. The monoisotopic (exact) mass is 1410 g/mol. The maximum absolute atomic E-state index is 8.82. The molecule has 0 heterocycles. The summed E-state index contributed by atoms with van der Waals surface area (Å²) < 4.78 is 140. The van der Waals surface area contributed by atoms with Crippen molar-refractivity contribution in [2.45, 2.75) is 0 Å². The van der Waals surface area contributed by atoms with Gasteiger partial charge in [0, 0.05) is 0 Å². The van der Waals surface area contributed by atoms with Crippen LogP contribution in [0.15, 0.2) is 91.0 Å². The molecular weight excluding hydrogens is 1380 g/mol. The Morgan fingerprint density at radius 3 is 0.490 bits per heavy atom. The molecule has 0 saturated carbocycles. The molecule has 49 heavy (non-hydrogen) atoms. The van der Waals surface area contributed by atoms with Gasteiger partial charge in [-0.15, -0.1) is 0 Å². The van der Waals surface area contributed by atoms with Gasteiger partial charge in [0.2, 0.25) is 0 Å². The summed E-state index contributed by atoms with van der Waals surface area (Å²) in [6, 6.07) is 32.5. The van der Waals surface area contributed by atoms with Crippen molar-refractivity contribution >= 4 is 150 Å². The van der Waals surface area contributed by atoms with E-state index >= 15 is 0 Å². The molecule has 0 unspecified atom stereocenters. The molecular formula is C18H34F6O18PSb6+. The molecule has 3 rings (SSSR count). The van der Waals surface area contributed by atoms with Crippen LogP contribution in [0.3, 0.4) is 0 Å². The SMILES string of the molecule is F.F.F.F.F.F.[O]=[Sb]([OH])[OH].[O]=[Sb]([OH])[OH].[O]=[Sb]([OH])[OH].[O]=[Sb]([OH])[OH].[O]=[Sb]([OH])[OH].[O]=[Sb]([OH])[OH].c1ccc([PH+](c2ccccc2)c2ccccc2)cc1. The summed E-state index contributed by atoms with van der Waals surface area (Å²) in [5.74, 6) is 0. The third kappa shape index (κ3) is 79.0. The van der Waals surface area contributed by atoms with Crippen molar-refractivity contribution in [3.8, 4) is 0 Å². The predicted octanol–water partition coefficient (Wildman–Crippen LogP) is -5.59. The third-order valence-electron chi connectivity index (χ3n) is 3.19. The van der Waals surface area contributed by atoms with Crippen LogP contribution in [0.1, 0.15) is 0 Å². The Morgan fingerprint density at radius 1 is 0.286 bits per heavy atom. The van der Waals surface area contributed by atoms with Crippen molar-refractivity contribution in [2.24, 2.45) is 0 Å². The second kappa shape index (κ2) is 53.3. The standard InChI is InChI=1S/C18H15P.6FH.12H2O.6O.6Sb/c1-4-10-16(11-5-1)19(17-12-6-2-7-13-17)18-14-8-3-9-15-18;;;;;;;;;;;;;;;;;;;;;;;;;;;;;;/h1-15H;6*1H;12*1H2;;;;;;;;;;;;/q;;;;;;;;;;;;;;;;;;;;;;;;;6*+2/p-11. The van der Waals surface area contributed by atoms with E-state index in [4.69, 9.17) is 58.7 Å². The van der Waals surface area contributed by atoms with Gasteiger partial charge in [-0.25, -0.2) is 0 Å². The van der Waals surface area contributed by atoms with E-state index in [-0.39, 0.29) is 28.2 Å². The Morgan fingerprint density at radius 2 is 0.388 bits per heavy atom. The zero-order valence-electron chi connectivity index (χ0n) is 23.6. The average Bonchev–Trinajstić information content (AvgIpc) is 2.84. The largest absolute Gasteiger partial charge is 0.102 e. The van der Waals surface area contributed by atoms with Crippen LogP contribution in [0, 0.1) is 0 Å². The Labute approximate surface area is 323 Å². The minimum atomic E-state index is -3.70. The molecule has 0 aliphatic heterocycles. The fraction of sp³-hybridized carbons (Fsp3) is 0. The van der Waals surface area contributed by atoms with Crippen molar-refractivity contribution < 1.29 is 87.0 Å². The fourth-order valence-corrected chi connectivity index (χ4v) is 4.89. The minimum absolute atomic E-state index is 0. The van der Waals surface area contributed by atoms with E-state index in [2.05, 4.69) is 91.0 Å². The molecule has 18 nitrogen and oxygen atoms in total. The van der Waals surface area contributed by atoms with Gasteiger partial charge in [-0.3, -0.25) is 28.2 Å². The third-order valence-corrected chi connectivity index (χ3v) is 5.92. The first-order valence-corrected chi connectivity index (χ1v) is 31.4. The van der Waals surface area contributed by atoms with Crippen LogP contribution >= 0.6 is 7.92 Å². The summed E-state index contributed by atoms with van der Waals surface area (Å²) in [5.41, 5.74) is 0. The van der Waals surface area contributed by atoms with Crippen LogP contribution in [0.2, 0.25) is 0 Å². The van der Waals surface area contributed by atoms with Gasteiger partial charge in [-0.1, -0.05) is 54.6 Å². The van der Waals surface area contributed by atoms with Crippen molar-refractivity contribution in [1.82, 2.24) is 0 Å². The van der Waals surface area contributed by atoms with E-state index in [0.29, 0.717) is 0 Å². The Hall–Kier alpha value is 0.899. The smallest absolute Gasteiger partial charge is 0.0620 e. The number of hydrogen-bond acceptors (Lipinski definition) is 6. The Balaban J connectivity index is -0.0000000536. The molecule has 0 amide bonds. The van der Waals surface area contributed by atoms with Gasteiger partial charge in [-0.05, 0) is 36.4 Å². The zero-order valence-corrected chi connectivity index (χ0v) is 39.9. The number of benzene rings is 3. The summed E-state index contributed by atoms with van der Waals surface area (Å²) in [6.07, 6.45) is 0. The molecule has 0 spiro atoms. The fourth-order valence-electron chi connectivity index (χ4n) is 2.31. The maximum Gasteiger partial charge on any atom is 0.102 e. The van der Waals surface area contributed by atoms with E-state index < -0.39 is 134 Å². The molecule has 3 aromatic carbocycles. The van der Waals surface area contributed by atoms with Crippen LogP contribution in [0.4, 0.5) is 28.2 Å². The molecule has 0 atom stereocenters. The number of hydrogen-bond donors (Lipinski definition) is 12. The number of rotatable bonds is 3. The summed E-state index contributed by atoms with van der Waals surface area (Å²) in [7, 11) is -0.877. The van der Waals surface area contributed by atoms with Crippen molar-refractivity contribution in [2.75, 3.05) is 0 Å². The molecule has 12 N–H and O–H groups in total. The van der Waals surface area contributed by atoms with E-state index in [1.807, 2.05) is 0 Å².